The Kier molecular flexibility index (Phi) is 7.11. The van der Waals surface area contributed by atoms with Crippen molar-refractivity contribution >= 4 is 17.5 Å². The van der Waals surface area contributed by atoms with Crippen molar-refractivity contribution in [3.8, 4) is 5.75 Å². The molecule has 1 aromatic rings. The Bertz CT molecular complexity index is 964. The molecule has 0 spiro atoms. The summed E-state index contributed by atoms with van der Waals surface area (Å²) >= 11 is 0. The van der Waals surface area contributed by atoms with Gasteiger partial charge in [-0.1, -0.05) is 0 Å². The number of rotatable bonds is 6. The second-order valence-corrected chi connectivity index (χ2v) is 9.42. The van der Waals surface area contributed by atoms with Gasteiger partial charge in [-0.2, -0.15) is 0 Å². The Hall–Kier alpha value is -3.24. The van der Waals surface area contributed by atoms with Crippen molar-refractivity contribution in [1.82, 2.24) is 10.3 Å². The number of hydrazine groups is 1. The van der Waals surface area contributed by atoms with Crippen molar-refractivity contribution in [2.75, 3.05) is 0 Å². The van der Waals surface area contributed by atoms with E-state index in [9.17, 15) is 9.50 Å². The van der Waals surface area contributed by atoms with Gasteiger partial charge in [0.15, 0.2) is 0 Å². The summed E-state index contributed by atoms with van der Waals surface area (Å²) in [6.45, 7) is 8.39. The van der Waals surface area contributed by atoms with Crippen LogP contribution in [0.15, 0.2) is 35.9 Å². The van der Waals surface area contributed by atoms with Gasteiger partial charge in [-0.15, -0.1) is 0 Å². The summed E-state index contributed by atoms with van der Waals surface area (Å²) in [5.41, 5.74) is 23.7. The number of phenolic OH excluding ortho intramolecular Hbond substituents is 1. The largest absolute Gasteiger partial charge is 0.507 e. The van der Waals surface area contributed by atoms with Gasteiger partial charge in [0.05, 0.1) is 11.7 Å². The van der Waals surface area contributed by atoms with Gasteiger partial charge in [-0.05, 0) is 58.7 Å². The summed E-state index contributed by atoms with van der Waals surface area (Å²) in [6, 6.07) is 2.12. The molecule has 0 unspecified atom stereocenters. The lowest BCUT2D eigenvalue weighted by Crippen LogP contribution is -2.63. The number of aromatic hydroxyl groups is 1. The highest BCUT2D eigenvalue weighted by Gasteiger charge is 2.40. The average molecular weight is 447 g/mol. The molecule has 9 nitrogen and oxygen atoms in total. The molecule has 1 fully saturated rings. The smallest absolute Gasteiger partial charge is 0.137 e. The molecule has 0 aliphatic carbocycles. The molecule has 176 valence electrons. The van der Waals surface area contributed by atoms with E-state index in [4.69, 9.17) is 34.2 Å². The first-order chi connectivity index (χ1) is 14.7. The summed E-state index contributed by atoms with van der Waals surface area (Å²) in [7, 11) is 0. The maximum absolute atomic E-state index is 14.5. The van der Waals surface area contributed by atoms with Gasteiger partial charge in [0.2, 0.25) is 0 Å². The lowest BCUT2D eigenvalue weighted by atomic mass is 9.79. The molecule has 1 aromatic carbocycles. The number of nitrogens with zero attached hydrogens (tertiary/aromatic N) is 1. The fourth-order valence-corrected chi connectivity index (χ4v) is 4.36. The Morgan fingerprint density at radius 1 is 1.16 bits per heavy atom. The number of piperidine rings is 1. The molecule has 0 radical (unpaired) electrons. The van der Waals surface area contributed by atoms with Crippen molar-refractivity contribution in [2.45, 2.75) is 57.7 Å². The van der Waals surface area contributed by atoms with Gasteiger partial charge in [-0.25, -0.2) is 10.2 Å². The highest BCUT2D eigenvalue weighted by atomic mass is 19.1. The third kappa shape index (κ3) is 5.51. The van der Waals surface area contributed by atoms with Gasteiger partial charge in [0, 0.05) is 45.9 Å². The number of nitrogens with one attached hydrogen (secondary N) is 2. The van der Waals surface area contributed by atoms with Crippen LogP contribution in [0.25, 0.3) is 11.3 Å². The van der Waals surface area contributed by atoms with Gasteiger partial charge >= 0.3 is 0 Å². The van der Waals surface area contributed by atoms with E-state index in [-0.39, 0.29) is 56.8 Å². The van der Waals surface area contributed by atoms with Crippen molar-refractivity contribution in [3.63, 3.8) is 0 Å². The number of phenols is 1. The van der Waals surface area contributed by atoms with Crippen molar-refractivity contribution in [3.05, 3.63) is 52.9 Å². The zero-order chi connectivity index (χ0) is 24.4. The van der Waals surface area contributed by atoms with Gasteiger partial charge in [0.25, 0.3) is 0 Å². The fraction of sp³-hybridized carbons (Fsp3) is 0.409. The number of allylic oxidation sites excluding steroid dienone is 2. The minimum Gasteiger partial charge on any atom is -0.507 e. The van der Waals surface area contributed by atoms with Gasteiger partial charge < -0.3 is 38.8 Å². The molecular formula is C22H35FN8O. The molecule has 2 rings (SSSR count). The molecule has 13 N–H and O–H groups in total. The van der Waals surface area contributed by atoms with Crippen LogP contribution in [0.4, 0.5) is 4.39 Å². The summed E-state index contributed by atoms with van der Waals surface area (Å²) < 4.78 is 14.5. The third-order valence-corrected chi connectivity index (χ3v) is 5.49. The van der Waals surface area contributed by atoms with Crippen LogP contribution in [0.5, 0.6) is 5.75 Å². The van der Waals surface area contributed by atoms with E-state index in [0.717, 1.165) is 37.4 Å². The van der Waals surface area contributed by atoms with E-state index in [0.29, 0.717) is 0 Å². The lowest BCUT2D eigenvalue weighted by Gasteiger charge is -2.49. The topological polar surface area (TPSA) is 189 Å². The molecule has 0 saturated carbocycles. The van der Waals surface area contributed by atoms with Crippen LogP contribution in [-0.4, -0.2) is 33.4 Å². The highest BCUT2D eigenvalue weighted by Crippen LogP contribution is 2.32. The lowest BCUT2D eigenvalue weighted by molar-refractivity contribution is 0.0845. The van der Waals surface area contributed by atoms with E-state index in [1.165, 1.54) is 11.1 Å². The Morgan fingerprint density at radius 3 is 2.22 bits per heavy atom. The molecule has 0 atom stereocenters. The summed E-state index contributed by atoms with van der Waals surface area (Å²) in [6.07, 6.45) is 4.79. The van der Waals surface area contributed by atoms with E-state index in [1.807, 2.05) is 0 Å². The molecule has 1 saturated heterocycles. The van der Waals surface area contributed by atoms with Crippen LogP contribution in [0.3, 0.4) is 0 Å². The Balaban J connectivity index is 2.36. The van der Waals surface area contributed by atoms with Crippen LogP contribution in [0.1, 0.15) is 51.7 Å². The molecule has 1 aliphatic rings. The van der Waals surface area contributed by atoms with Crippen LogP contribution >= 0.6 is 0 Å². The maximum atomic E-state index is 14.5. The van der Waals surface area contributed by atoms with Crippen LogP contribution in [-0.2, 0) is 0 Å². The van der Waals surface area contributed by atoms with Crippen LogP contribution in [0.2, 0.25) is 0 Å². The molecule has 1 heterocycles. The van der Waals surface area contributed by atoms with Crippen molar-refractivity contribution in [2.24, 2.45) is 28.8 Å². The molecule has 10 heteroatoms. The van der Waals surface area contributed by atoms with E-state index >= 15 is 0 Å². The summed E-state index contributed by atoms with van der Waals surface area (Å²) in [5.74, 6) is 5.44. The molecule has 1 aliphatic heterocycles. The number of halogens is 1. The number of hydrogen-bond acceptors (Lipinski definition) is 9. The maximum Gasteiger partial charge on any atom is 0.137 e. The molecular weight excluding hydrogens is 411 g/mol. The van der Waals surface area contributed by atoms with Gasteiger partial charge in [-0.3, -0.25) is 5.01 Å². The van der Waals surface area contributed by atoms with E-state index in [2.05, 4.69) is 33.0 Å². The minimum absolute atomic E-state index is 0.000835. The van der Waals surface area contributed by atoms with E-state index in [1.54, 1.807) is 0 Å². The van der Waals surface area contributed by atoms with Crippen LogP contribution in [0, 0.1) is 11.2 Å². The van der Waals surface area contributed by atoms with Crippen LogP contribution < -0.4 is 34.1 Å². The third-order valence-electron chi connectivity index (χ3n) is 5.49. The highest BCUT2D eigenvalue weighted by molar-refractivity contribution is 6.08. The predicted molar refractivity (Wildman–Crippen MR) is 127 cm³/mol. The van der Waals surface area contributed by atoms with E-state index < -0.39 is 5.82 Å². The Labute approximate surface area is 188 Å². The SMILES string of the molecule is CC1(C)CC(N(N)/C(N)=C(N)/C=C(\N)c2cc(F)c(/C(C=N)=C/N)cc2O)CC(C)(C)N1. The quantitative estimate of drug-likeness (QED) is 0.139. The first kappa shape index (κ1) is 25.0. The first-order valence-electron chi connectivity index (χ1n) is 10.2. The van der Waals surface area contributed by atoms with Crippen molar-refractivity contribution in [1.29, 1.82) is 5.41 Å². The number of hydrogen-bond donors (Lipinski definition) is 8. The predicted octanol–water partition coefficient (Wildman–Crippen LogP) is 1.35. The average Bonchev–Trinajstić information content (AvgIpc) is 2.67. The second-order valence-electron chi connectivity index (χ2n) is 9.42. The monoisotopic (exact) mass is 446 g/mol. The molecule has 0 aromatic heterocycles. The standard InChI is InChI=1S/C22H35FN8O/c1-21(2)8-13(9-22(3,4)30-21)31(29)20(28)18(27)7-17(26)15-5-16(23)14(6-19(15)32)12(10-24)11-25/h5-7,10-11,13,24,30,32H,8-9,25-29H2,1-4H3/b12-11+,17-7-,20-18-,24-10?. The normalized spacial score (nSPS) is 19.9. The second kappa shape index (κ2) is 9.09. The fourth-order valence-electron chi connectivity index (χ4n) is 4.36. The first-order valence-corrected chi connectivity index (χ1v) is 10.2. The zero-order valence-corrected chi connectivity index (χ0v) is 19.0. The summed E-state index contributed by atoms with van der Waals surface area (Å²) in [5, 5.41) is 22.7. The minimum atomic E-state index is -0.704. The molecule has 0 bridgehead atoms. The summed E-state index contributed by atoms with van der Waals surface area (Å²) in [4.78, 5) is 0. The molecule has 32 heavy (non-hydrogen) atoms. The number of nitrogens with two attached hydrogens (primary N) is 5. The zero-order valence-electron chi connectivity index (χ0n) is 19.0. The number of benzene rings is 1. The molecule has 0 amide bonds. The Morgan fingerprint density at radius 2 is 1.72 bits per heavy atom. The van der Waals surface area contributed by atoms with Crippen molar-refractivity contribution < 1.29 is 9.50 Å². The van der Waals surface area contributed by atoms with Gasteiger partial charge in [0.1, 0.15) is 17.4 Å².